The van der Waals surface area contributed by atoms with E-state index in [1.165, 1.54) is 0 Å². The van der Waals surface area contributed by atoms with E-state index < -0.39 is 0 Å². The van der Waals surface area contributed by atoms with Crippen LogP contribution in [0.1, 0.15) is 5.56 Å². The van der Waals surface area contributed by atoms with Crippen LogP contribution in [0.25, 0.3) is 0 Å². The highest BCUT2D eigenvalue weighted by Crippen LogP contribution is 2.33. The van der Waals surface area contributed by atoms with E-state index in [2.05, 4.69) is 5.32 Å². The Balaban J connectivity index is 2.41. The Morgan fingerprint density at radius 2 is 1.72 bits per heavy atom. The highest BCUT2D eigenvalue weighted by atomic mass is 35.5. The van der Waals surface area contributed by atoms with Gasteiger partial charge in [0.15, 0.2) is 0 Å². The lowest BCUT2D eigenvalue weighted by molar-refractivity contribution is 1.47. The summed E-state index contributed by atoms with van der Waals surface area (Å²) in [6, 6.07) is 12.5. The van der Waals surface area contributed by atoms with E-state index in [4.69, 9.17) is 34.2 Å². The maximum Gasteiger partial charge on any atom is 0.101 e. The first-order valence-electron chi connectivity index (χ1n) is 5.13. The van der Waals surface area contributed by atoms with Crippen LogP contribution in [0.4, 0.5) is 17.1 Å². The van der Waals surface area contributed by atoms with E-state index in [-0.39, 0.29) is 0 Å². The quantitative estimate of drug-likeness (QED) is 0.809. The number of halogens is 2. The second kappa shape index (κ2) is 5.18. The Kier molecular flexibility index (Phi) is 3.61. The molecule has 0 heterocycles. The molecular weight excluding hydrogens is 269 g/mol. The molecule has 0 aromatic heterocycles. The van der Waals surface area contributed by atoms with Gasteiger partial charge in [0.1, 0.15) is 6.07 Å². The summed E-state index contributed by atoms with van der Waals surface area (Å²) in [6.45, 7) is 0. The van der Waals surface area contributed by atoms with E-state index >= 15 is 0 Å². The second-order valence-corrected chi connectivity index (χ2v) is 4.39. The average Bonchev–Trinajstić information content (AvgIpc) is 2.37. The van der Waals surface area contributed by atoms with Crippen molar-refractivity contribution in [2.45, 2.75) is 0 Å². The fraction of sp³-hybridized carbons (Fsp3) is 0. The van der Waals surface area contributed by atoms with Crippen molar-refractivity contribution in [3.8, 4) is 6.07 Å². The fourth-order valence-electron chi connectivity index (χ4n) is 1.52. The van der Waals surface area contributed by atoms with Gasteiger partial charge in [-0.1, -0.05) is 35.3 Å². The van der Waals surface area contributed by atoms with Crippen molar-refractivity contribution < 1.29 is 0 Å². The molecular formula is C13H9Cl2N3. The summed E-state index contributed by atoms with van der Waals surface area (Å²) in [4.78, 5) is 0. The number of nitrogens with two attached hydrogens (primary N) is 1. The molecule has 0 aliphatic rings. The molecule has 0 aliphatic carbocycles. The maximum absolute atomic E-state index is 8.90. The van der Waals surface area contributed by atoms with Gasteiger partial charge in [0.25, 0.3) is 0 Å². The number of nitriles is 1. The van der Waals surface area contributed by atoms with Crippen LogP contribution < -0.4 is 11.1 Å². The van der Waals surface area contributed by atoms with Crippen molar-refractivity contribution in [1.82, 2.24) is 0 Å². The molecule has 0 bridgehead atoms. The molecule has 0 atom stereocenters. The van der Waals surface area contributed by atoms with Crippen molar-refractivity contribution >= 4 is 40.3 Å². The van der Waals surface area contributed by atoms with Crippen LogP contribution in [-0.4, -0.2) is 0 Å². The summed E-state index contributed by atoms with van der Waals surface area (Å²) in [5, 5.41) is 12.8. The molecule has 0 amide bonds. The van der Waals surface area contributed by atoms with E-state index in [0.717, 1.165) is 0 Å². The number of anilines is 3. The minimum absolute atomic E-state index is 0.385. The van der Waals surface area contributed by atoms with Crippen LogP contribution in [0.3, 0.4) is 0 Å². The maximum atomic E-state index is 8.90. The highest BCUT2D eigenvalue weighted by Gasteiger charge is 2.08. The molecule has 90 valence electrons. The van der Waals surface area contributed by atoms with E-state index in [1.54, 1.807) is 36.4 Å². The molecule has 2 rings (SSSR count). The molecule has 0 fully saturated rings. The fourth-order valence-corrected chi connectivity index (χ4v) is 1.86. The summed E-state index contributed by atoms with van der Waals surface area (Å²) in [5.41, 5.74) is 7.94. The zero-order valence-corrected chi connectivity index (χ0v) is 10.8. The normalized spacial score (nSPS) is 9.83. The number of nitrogens with one attached hydrogen (secondary N) is 1. The summed E-state index contributed by atoms with van der Waals surface area (Å²) in [6.07, 6.45) is 0. The Hall–Kier alpha value is -1.89. The van der Waals surface area contributed by atoms with Gasteiger partial charge in [0.2, 0.25) is 0 Å². The van der Waals surface area contributed by atoms with Crippen molar-refractivity contribution in [2.75, 3.05) is 11.1 Å². The Labute approximate surface area is 115 Å². The van der Waals surface area contributed by atoms with Crippen LogP contribution in [0.2, 0.25) is 10.0 Å². The minimum atomic E-state index is 0.385. The number of hydrogen-bond donors (Lipinski definition) is 2. The molecule has 3 nitrogen and oxygen atoms in total. The third-order valence-corrected chi connectivity index (χ3v) is 3.27. The summed E-state index contributed by atoms with van der Waals surface area (Å²) in [7, 11) is 0. The second-order valence-electron chi connectivity index (χ2n) is 3.60. The Morgan fingerprint density at radius 1 is 1.06 bits per heavy atom. The van der Waals surface area contributed by atoms with E-state index in [9.17, 15) is 0 Å². The standard InChI is InChI=1S/C13H9Cl2N3/c14-9-4-2-5-10(12(9)15)18-11-6-1-3-8(7-16)13(11)17/h1-6,18H,17H2. The summed E-state index contributed by atoms with van der Waals surface area (Å²) in [5.74, 6) is 0. The number of para-hydroxylation sites is 1. The predicted octanol–water partition coefficient (Wildman–Crippen LogP) is 4.19. The number of nitrogen functional groups attached to an aromatic ring is 1. The lowest BCUT2D eigenvalue weighted by Gasteiger charge is -2.12. The SMILES string of the molecule is N#Cc1cccc(Nc2cccc(Cl)c2Cl)c1N. The minimum Gasteiger partial charge on any atom is -0.396 e. The molecule has 0 saturated carbocycles. The van der Waals surface area contributed by atoms with Crippen LogP contribution >= 0.6 is 23.2 Å². The number of benzene rings is 2. The molecule has 18 heavy (non-hydrogen) atoms. The molecule has 0 spiro atoms. The van der Waals surface area contributed by atoms with Crippen molar-refractivity contribution in [3.63, 3.8) is 0 Å². The van der Waals surface area contributed by atoms with Crippen molar-refractivity contribution in [2.24, 2.45) is 0 Å². The van der Waals surface area contributed by atoms with Gasteiger partial charge in [-0.3, -0.25) is 0 Å². The highest BCUT2D eigenvalue weighted by molar-refractivity contribution is 6.43. The van der Waals surface area contributed by atoms with E-state index in [1.807, 2.05) is 6.07 Å². The molecule has 2 aromatic rings. The number of nitrogens with zero attached hydrogens (tertiary/aromatic N) is 1. The first-order valence-corrected chi connectivity index (χ1v) is 5.88. The summed E-state index contributed by atoms with van der Waals surface area (Å²) < 4.78 is 0. The largest absolute Gasteiger partial charge is 0.396 e. The first kappa shape index (κ1) is 12.6. The lowest BCUT2D eigenvalue weighted by Crippen LogP contribution is -1.99. The molecule has 2 aromatic carbocycles. The van der Waals surface area contributed by atoms with Crippen LogP contribution in [-0.2, 0) is 0 Å². The Bertz CT molecular complexity index is 633. The smallest absolute Gasteiger partial charge is 0.101 e. The third-order valence-electron chi connectivity index (χ3n) is 2.45. The summed E-state index contributed by atoms with van der Waals surface area (Å²) >= 11 is 12.0. The molecule has 0 saturated heterocycles. The van der Waals surface area contributed by atoms with Gasteiger partial charge >= 0.3 is 0 Å². The molecule has 0 radical (unpaired) electrons. The van der Waals surface area contributed by atoms with E-state index in [0.29, 0.717) is 32.7 Å². The lowest BCUT2D eigenvalue weighted by atomic mass is 10.1. The molecule has 0 unspecified atom stereocenters. The van der Waals surface area contributed by atoms with Gasteiger partial charge in [-0.15, -0.1) is 0 Å². The molecule has 5 heteroatoms. The Morgan fingerprint density at radius 3 is 2.44 bits per heavy atom. The van der Waals surface area contributed by atoms with Gasteiger partial charge in [-0.05, 0) is 24.3 Å². The zero-order chi connectivity index (χ0) is 13.1. The average molecular weight is 278 g/mol. The van der Waals surface area contributed by atoms with Gasteiger partial charge in [-0.25, -0.2) is 0 Å². The van der Waals surface area contributed by atoms with Crippen molar-refractivity contribution in [1.29, 1.82) is 5.26 Å². The topological polar surface area (TPSA) is 61.8 Å². The van der Waals surface area contributed by atoms with Gasteiger partial charge in [0, 0.05) is 0 Å². The predicted molar refractivity (Wildman–Crippen MR) is 75.3 cm³/mol. The van der Waals surface area contributed by atoms with Crippen molar-refractivity contribution in [3.05, 3.63) is 52.0 Å². The third kappa shape index (κ3) is 2.35. The van der Waals surface area contributed by atoms with Crippen LogP contribution in [0.15, 0.2) is 36.4 Å². The monoisotopic (exact) mass is 277 g/mol. The number of rotatable bonds is 2. The first-order chi connectivity index (χ1) is 8.63. The molecule has 3 N–H and O–H groups in total. The zero-order valence-electron chi connectivity index (χ0n) is 9.24. The van der Waals surface area contributed by atoms with Gasteiger partial charge in [0.05, 0.1) is 32.7 Å². The van der Waals surface area contributed by atoms with Crippen LogP contribution in [0, 0.1) is 11.3 Å². The van der Waals surface area contributed by atoms with Crippen LogP contribution in [0.5, 0.6) is 0 Å². The number of hydrogen-bond acceptors (Lipinski definition) is 3. The van der Waals surface area contributed by atoms with Gasteiger partial charge < -0.3 is 11.1 Å². The molecule has 0 aliphatic heterocycles. The van der Waals surface area contributed by atoms with Gasteiger partial charge in [-0.2, -0.15) is 5.26 Å².